The molecule has 7 nitrogen and oxygen atoms in total. The Kier molecular flexibility index (Phi) is 8.05. The first kappa shape index (κ1) is 27.2. The molecule has 0 radical (unpaired) electrons. The first-order valence-electron chi connectivity index (χ1n) is 13.7. The minimum Gasteiger partial charge on any atom is -0.478 e. The van der Waals surface area contributed by atoms with Crippen LogP contribution in [0.4, 0.5) is 4.39 Å². The standard InChI is InChI=1S/C32H34FN5O2/c1-4-21-6-10-28-29(17-21)37-31(36-28)23-7-11-27(35-19-23)20(2)5-12-30(34-3)38-15-13-22(14-16-38)25-9-8-24(33)18-26(25)32(39)40/h5,7-12,17-19,21-22H,2,4,6,13-16H2,1,3H3,(H,36,37)(H,39,40). The van der Waals surface area contributed by atoms with Crippen LogP contribution in [0, 0.1) is 11.7 Å². The molecule has 2 aromatic heterocycles. The van der Waals surface area contributed by atoms with Gasteiger partial charge in [-0.1, -0.05) is 31.7 Å². The lowest BCUT2D eigenvalue weighted by Gasteiger charge is -2.34. The molecule has 2 N–H and O–H groups in total. The van der Waals surface area contributed by atoms with Gasteiger partial charge in [0.05, 0.1) is 22.0 Å². The number of carboxylic acids is 1. The Balaban J connectivity index is 1.22. The monoisotopic (exact) mass is 539 g/mol. The van der Waals surface area contributed by atoms with E-state index in [9.17, 15) is 14.3 Å². The first-order chi connectivity index (χ1) is 19.4. The number of imidazole rings is 1. The number of likely N-dealkylation sites (tertiary alicyclic amines) is 1. The summed E-state index contributed by atoms with van der Waals surface area (Å²) in [6.45, 7) is 7.83. The average Bonchev–Trinajstić information content (AvgIpc) is 3.41. The minimum absolute atomic E-state index is 0.0472. The molecule has 1 unspecified atom stereocenters. The van der Waals surface area contributed by atoms with Gasteiger partial charge in [0.1, 0.15) is 17.5 Å². The predicted octanol–water partition coefficient (Wildman–Crippen LogP) is 4.78. The zero-order valence-corrected chi connectivity index (χ0v) is 22.9. The molecular weight excluding hydrogens is 505 g/mol. The van der Waals surface area contributed by atoms with E-state index in [4.69, 9.17) is 4.98 Å². The normalized spacial score (nSPS) is 17.8. The number of fused-ring (bicyclic) bond motifs is 1. The second-order valence-electron chi connectivity index (χ2n) is 10.3. The molecule has 0 saturated carbocycles. The smallest absolute Gasteiger partial charge is 0.336 e. The highest BCUT2D eigenvalue weighted by Gasteiger charge is 2.25. The highest BCUT2D eigenvalue weighted by atomic mass is 19.1. The van der Waals surface area contributed by atoms with Crippen molar-refractivity contribution in [2.24, 2.45) is 10.9 Å². The number of H-pyrrole nitrogens is 1. The van der Waals surface area contributed by atoms with Gasteiger partial charge < -0.3 is 15.0 Å². The number of amidine groups is 1. The Bertz CT molecular complexity index is 1590. The Morgan fingerprint density at radius 2 is 2.05 bits per heavy atom. The molecule has 2 aliphatic rings. The van der Waals surface area contributed by atoms with Gasteiger partial charge in [-0.25, -0.2) is 14.2 Å². The van der Waals surface area contributed by atoms with E-state index in [0.29, 0.717) is 11.5 Å². The number of carbonyl (C=O) groups is 1. The SMILES string of the molecule is C=C(C=CC(=NC)N1CCC(c2ccc(F)cc2C(=O)O)CC1)c1ccc(-c2nc3c([nH]2)=CC(CC)CC=3)cn1. The third-order valence-electron chi connectivity index (χ3n) is 7.84. The van der Waals surface area contributed by atoms with Crippen molar-refractivity contribution in [2.75, 3.05) is 20.1 Å². The van der Waals surface area contributed by atoms with Crippen LogP contribution in [0.15, 0.2) is 60.3 Å². The molecule has 1 aromatic carbocycles. The Hall–Kier alpha value is -4.33. The number of halogens is 1. The Labute approximate surface area is 233 Å². The number of hydrogen-bond donors (Lipinski definition) is 2. The molecule has 1 aliphatic heterocycles. The maximum Gasteiger partial charge on any atom is 0.336 e. The number of aromatic carboxylic acids is 1. The molecule has 3 aromatic rings. The molecule has 8 heteroatoms. The Morgan fingerprint density at radius 3 is 2.73 bits per heavy atom. The van der Waals surface area contributed by atoms with Gasteiger partial charge >= 0.3 is 5.97 Å². The lowest BCUT2D eigenvalue weighted by atomic mass is 9.86. The van der Waals surface area contributed by atoms with Crippen molar-refractivity contribution in [1.82, 2.24) is 19.9 Å². The summed E-state index contributed by atoms with van der Waals surface area (Å²) in [6.07, 6.45) is 13.8. The van der Waals surface area contributed by atoms with Crippen LogP contribution in [-0.4, -0.2) is 56.9 Å². The van der Waals surface area contributed by atoms with Crippen molar-refractivity contribution >= 4 is 29.5 Å². The number of aromatic amines is 1. The number of benzene rings is 1. The van der Waals surface area contributed by atoms with Crippen molar-refractivity contribution in [3.63, 3.8) is 0 Å². The van der Waals surface area contributed by atoms with E-state index in [1.165, 1.54) is 6.07 Å². The number of hydrogen-bond acceptors (Lipinski definition) is 4. The number of pyridine rings is 1. The van der Waals surface area contributed by atoms with Crippen LogP contribution in [-0.2, 0) is 0 Å². The van der Waals surface area contributed by atoms with E-state index in [2.05, 4.69) is 45.5 Å². The largest absolute Gasteiger partial charge is 0.478 e. The van der Waals surface area contributed by atoms with E-state index >= 15 is 0 Å². The number of carboxylic acid groups (broad SMARTS) is 1. The van der Waals surface area contributed by atoms with Gasteiger partial charge in [0.25, 0.3) is 0 Å². The van der Waals surface area contributed by atoms with Crippen LogP contribution in [0.25, 0.3) is 29.1 Å². The van der Waals surface area contributed by atoms with Crippen LogP contribution in [0.2, 0.25) is 0 Å². The van der Waals surface area contributed by atoms with E-state index in [-0.39, 0.29) is 11.5 Å². The molecule has 5 rings (SSSR count). The number of piperidine rings is 1. The molecule has 0 spiro atoms. The molecule has 40 heavy (non-hydrogen) atoms. The van der Waals surface area contributed by atoms with Crippen LogP contribution >= 0.6 is 0 Å². The van der Waals surface area contributed by atoms with Gasteiger partial charge in [-0.3, -0.25) is 9.98 Å². The summed E-state index contributed by atoms with van der Waals surface area (Å²) < 4.78 is 13.6. The van der Waals surface area contributed by atoms with E-state index in [1.807, 2.05) is 30.5 Å². The third kappa shape index (κ3) is 5.81. The minimum atomic E-state index is -1.10. The van der Waals surface area contributed by atoms with Gasteiger partial charge in [0.15, 0.2) is 0 Å². The lowest BCUT2D eigenvalue weighted by Crippen LogP contribution is -2.37. The summed E-state index contributed by atoms with van der Waals surface area (Å²) in [7, 11) is 1.75. The quantitative estimate of drug-likeness (QED) is 0.256. The summed E-state index contributed by atoms with van der Waals surface area (Å²) in [5.41, 5.74) is 3.21. The molecule has 1 aliphatic carbocycles. The summed E-state index contributed by atoms with van der Waals surface area (Å²) in [5, 5.41) is 11.6. The molecule has 3 heterocycles. The number of nitrogens with zero attached hydrogens (tertiary/aromatic N) is 4. The molecule has 1 saturated heterocycles. The van der Waals surface area contributed by atoms with E-state index < -0.39 is 11.8 Å². The maximum atomic E-state index is 13.6. The summed E-state index contributed by atoms with van der Waals surface area (Å²) in [5.74, 6) is 0.629. The number of allylic oxidation sites excluding steroid dienone is 2. The topological polar surface area (TPSA) is 94.5 Å². The fourth-order valence-electron chi connectivity index (χ4n) is 5.47. The fraction of sp³-hybridized carbons (Fsp3) is 0.312. The summed E-state index contributed by atoms with van der Waals surface area (Å²) in [6, 6.07) is 8.00. The summed E-state index contributed by atoms with van der Waals surface area (Å²) >= 11 is 0. The van der Waals surface area contributed by atoms with E-state index in [0.717, 1.165) is 84.0 Å². The second kappa shape index (κ2) is 11.8. The first-order valence-corrected chi connectivity index (χ1v) is 13.7. The number of rotatable bonds is 7. The van der Waals surface area contributed by atoms with Gasteiger partial charge in [-0.15, -0.1) is 0 Å². The van der Waals surface area contributed by atoms with Crippen molar-refractivity contribution in [3.8, 4) is 11.4 Å². The zero-order valence-electron chi connectivity index (χ0n) is 22.9. The maximum absolute atomic E-state index is 13.6. The van der Waals surface area contributed by atoms with Crippen LogP contribution in [0.1, 0.15) is 60.1 Å². The van der Waals surface area contributed by atoms with Gasteiger partial charge in [-0.2, -0.15) is 0 Å². The molecule has 0 amide bonds. The molecule has 1 fully saturated rings. The number of nitrogens with one attached hydrogen (secondary N) is 1. The molecule has 206 valence electrons. The van der Waals surface area contributed by atoms with Crippen molar-refractivity contribution in [1.29, 1.82) is 0 Å². The number of aliphatic imine (C=N–C) groups is 1. The van der Waals surface area contributed by atoms with Crippen LogP contribution in [0.3, 0.4) is 0 Å². The number of aromatic nitrogens is 3. The fourth-order valence-corrected chi connectivity index (χ4v) is 5.47. The molecule has 0 bridgehead atoms. The van der Waals surface area contributed by atoms with Gasteiger partial charge in [0, 0.05) is 31.9 Å². The van der Waals surface area contributed by atoms with Crippen molar-refractivity contribution in [3.05, 3.63) is 88.6 Å². The predicted molar refractivity (Wildman–Crippen MR) is 157 cm³/mol. The van der Waals surface area contributed by atoms with E-state index in [1.54, 1.807) is 13.1 Å². The third-order valence-corrected chi connectivity index (χ3v) is 7.84. The molecule has 1 atom stereocenters. The van der Waals surface area contributed by atoms with Crippen molar-refractivity contribution in [2.45, 2.75) is 38.5 Å². The second-order valence-corrected chi connectivity index (χ2v) is 10.3. The highest BCUT2D eigenvalue weighted by Crippen LogP contribution is 2.31. The van der Waals surface area contributed by atoms with Gasteiger partial charge in [0.2, 0.25) is 0 Å². The average molecular weight is 540 g/mol. The summed E-state index contributed by atoms with van der Waals surface area (Å²) in [4.78, 5) is 31.1. The van der Waals surface area contributed by atoms with Crippen LogP contribution < -0.4 is 10.7 Å². The van der Waals surface area contributed by atoms with Crippen molar-refractivity contribution < 1.29 is 14.3 Å². The Morgan fingerprint density at radius 1 is 1.25 bits per heavy atom. The highest BCUT2D eigenvalue weighted by molar-refractivity contribution is 5.95. The zero-order chi connectivity index (χ0) is 28.2. The van der Waals surface area contributed by atoms with Gasteiger partial charge in [-0.05, 0) is 85.1 Å². The van der Waals surface area contributed by atoms with Crippen LogP contribution in [0.5, 0.6) is 0 Å². The lowest BCUT2D eigenvalue weighted by molar-refractivity contribution is 0.0694. The molecular formula is C32H34FN5O2.